The summed E-state index contributed by atoms with van der Waals surface area (Å²) in [7, 11) is 1.50. The number of benzene rings is 2. The van der Waals surface area contributed by atoms with Crippen LogP contribution in [0, 0.1) is 0 Å². The highest BCUT2D eigenvalue weighted by atomic mass is 79.9. The molecule has 0 saturated carbocycles. The molecule has 0 aliphatic rings. The number of aryl methyl sites for hydroxylation is 1. The van der Waals surface area contributed by atoms with Gasteiger partial charge in [0.15, 0.2) is 0 Å². The van der Waals surface area contributed by atoms with Crippen LogP contribution in [-0.2, 0) is 16.1 Å². The second-order valence-corrected chi connectivity index (χ2v) is 7.95. The van der Waals surface area contributed by atoms with Gasteiger partial charge in [0.25, 0.3) is 5.56 Å². The number of nitrogens with zero attached hydrogens (tertiary/aromatic N) is 2. The predicted octanol–water partition coefficient (Wildman–Crippen LogP) is 4.06. The summed E-state index contributed by atoms with van der Waals surface area (Å²) < 4.78 is 7.59. The predicted molar refractivity (Wildman–Crippen MR) is 127 cm³/mol. The molecule has 32 heavy (non-hydrogen) atoms. The van der Waals surface area contributed by atoms with Gasteiger partial charge in [-0.25, -0.2) is 4.68 Å². The summed E-state index contributed by atoms with van der Waals surface area (Å²) in [5, 5.41) is 9.88. The molecule has 2 amide bonds. The van der Waals surface area contributed by atoms with Gasteiger partial charge in [-0.2, -0.15) is 5.10 Å². The second kappa shape index (κ2) is 10.7. The smallest absolute Gasteiger partial charge is 0.266 e. The van der Waals surface area contributed by atoms with Crippen LogP contribution in [0.25, 0.3) is 11.3 Å². The highest BCUT2D eigenvalue weighted by Crippen LogP contribution is 2.28. The fourth-order valence-corrected chi connectivity index (χ4v) is 3.34. The quantitative estimate of drug-likeness (QED) is 0.487. The molecule has 8 nitrogen and oxygen atoms in total. The van der Waals surface area contributed by atoms with Gasteiger partial charge in [0, 0.05) is 41.7 Å². The van der Waals surface area contributed by atoms with Crippen LogP contribution < -0.4 is 20.9 Å². The van der Waals surface area contributed by atoms with Crippen LogP contribution in [0.1, 0.15) is 19.8 Å². The molecule has 3 aromatic rings. The third kappa shape index (κ3) is 6.27. The lowest BCUT2D eigenvalue weighted by Crippen LogP contribution is -2.23. The van der Waals surface area contributed by atoms with E-state index in [0.717, 1.165) is 10.0 Å². The summed E-state index contributed by atoms with van der Waals surface area (Å²) >= 11 is 3.40. The number of amides is 2. The van der Waals surface area contributed by atoms with Crippen LogP contribution in [0.15, 0.2) is 63.9 Å². The van der Waals surface area contributed by atoms with Crippen molar-refractivity contribution in [2.24, 2.45) is 0 Å². The van der Waals surface area contributed by atoms with Crippen LogP contribution in [0.5, 0.6) is 5.75 Å². The maximum Gasteiger partial charge on any atom is 0.266 e. The van der Waals surface area contributed by atoms with Gasteiger partial charge >= 0.3 is 0 Å². The molecule has 3 rings (SSSR count). The third-order valence-electron chi connectivity index (χ3n) is 4.57. The number of anilines is 2. The van der Waals surface area contributed by atoms with Crippen LogP contribution in [0.2, 0.25) is 0 Å². The molecule has 2 aromatic carbocycles. The lowest BCUT2D eigenvalue weighted by molar-refractivity contribution is -0.116. The van der Waals surface area contributed by atoms with Crippen LogP contribution in [-0.4, -0.2) is 28.7 Å². The highest BCUT2D eigenvalue weighted by molar-refractivity contribution is 9.10. The van der Waals surface area contributed by atoms with Crippen LogP contribution in [0.3, 0.4) is 0 Å². The molecule has 2 N–H and O–H groups in total. The first-order valence-corrected chi connectivity index (χ1v) is 10.7. The van der Waals surface area contributed by atoms with Crippen molar-refractivity contribution in [1.29, 1.82) is 0 Å². The van der Waals surface area contributed by atoms with Crippen LogP contribution in [0.4, 0.5) is 11.4 Å². The minimum absolute atomic E-state index is 0.185. The Hall–Kier alpha value is -3.46. The number of carbonyl (C=O) groups excluding carboxylic acids is 2. The normalized spacial score (nSPS) is 10.5. The van der Waals surface area contributed by atoms with E-state index >= 15 is 0 Å². The fourth-order valence-electron chi connectivity index (χ4n) is 3.07. The minimum Gasteiger partial charge on any atom is -0.495 e. The van der Waals surface area contributed by atoms with Crippen molar-refractivity contribution in [2.75, 3.05) is 17.7 Å². The van der Waals surface area contributed by atoms with Gasteiger partial charge in [0.05, 0.1) is 18.5 Å². The lowest BCUT2D eigenvalue weighted by Gasteiger charge is -2.12. The van der Waals surface area contributed by atoms with Crippen molar-refractivity contribution in [3.63, 3.8) is 0 Å². The fraction of sp³-hybridized carbons (Fsp3) is 0.217. The van der Waals surface area contributed by atoms with E-state index in [1.807, 2.05) is 24.3 Å². The van der Waals surface area contributed by atoms with E-state index in [1.54, 1.807) is 24.3 Å². The Morgan fingerprint density at radius 1 is 1.06 bits per heavy atom. The molecule has 0 unspecified atom stereocenters. The molecule has 166 valence electrons. The Morgan fingerprint density at radius 2 is 1.81 bits per heavy atom. The van der Waals surface area contributed by atoms with Crippen molar-refractivity contribution < 1.29 is 14.3 Å². The molecule has 0 fully saturated rings. The summed E-state index contributed by atoms with van der Waals surface area (Å²) in [4.78, 5) is 35.9. The molecule has 1 aromatic heterocycles. The average Bonchev–Trinajstić information content (AvgIpc) is 2.75. The van der Waals surface area contributed by atoms with Crippen LogP contribution >= 0.6 is 15.9 Å². The standard InChI is InChI=1S/C23H23BrN4O4/c1-15(29)25-18-9-11-21(32-2)20(14-18)26-22(30)4-3-13-28-23(31)12-10-19(27-28)16-5-7-17(24)8-6-16/h5-12,14H,3-4,13H2,1-2H3,(H,25,29)(H,26,30). The number of methoxy groups -OCH3 is 1. The van der Waals surface area contributed by atoms with E-state index in [-0.39, 0.29) is 23.8 Å². The number of rotatable bonds is 8. The summed E-state index contributed by atoms with van der Waals surface area (Å²) in [6.07, 6.45) is 0.611. The monoisotopic (exact) mass is 498 g/mol. The van der Waals surface area contributed by atoms with E-state index in [0.29, 0.717) is 35.8 Å². The minimum atomic E-state index is -0.236. The Morgan fingerprint density at radius 3 is 2.50 bits per heavy atom. The van der Waals surface area contributed by atoms with E-state index in [1.165, 1.54) is 24.8 Å². The Bertz CT molecular complexity index is 1180. The van der Waals surface area contributed by atoms with Crippen molar-refractivity contribution in [3.05, 3.63) is 69.4 Å². The van der Waals surface area contributed by atoms with E-state index in [2.05, 4.69) is 31.7 Å². The Kier molecular flexibility index (Phi) is 7.77. The largest absolute Gasteiger partial charge is 0.495 e. The zero-order valence-electron chi connectivity index (χ0n) is 17.7. The van der Waals surface area contributed by atoms with E-state index in [4.69, 9.17) is 4.74 Å². The topological polar surface area (TPSA) is 102 Å². The van der Waals surface area contributed by atoms with Gasteiger partial charge in [-0.3, -0.25) is 14.4 Å². The molecular weight excluding hydrogens is 476 g/mol. The van der Waals surface area contributed by atoms with Gasteiger partial charge in [-0.1, -0.05) is 28.1 Å². The first kappa shape index (κ1) is 23.2. The van der Waals surface area contributed by atoms with Gasteiger partial charge < -0.3 is 15.4 Å². The Balaban J connectivity index is 1.63. The molecule has 0 aliphatic heterocycles. The highest BCUT2D eigenvalue weighted by Gasteiger charge is 2.10. The Labute approximate surface area is 193 Å². The SMILES string of the molecule is COc1ccc(NC(C)=O)cc1NC(=O)CCCn1nc(-c2ccc(Br)cc2)ccc1=O. The first-order valence-electron chi connectivity index (χ1n) is 9.95. The zero-order chi connectivity index (χ0) is 23.1. The van der Waals surface area contributed by atoms with Crippen molar-refractivity contribution in [1.82, 2.24) is 9.78 Å². The van der Waals surface area contributed by atoms with E-state index in [9.17, 15) is 14.4 Å². The average molecular weight is 499 g/mol. The van der Waals surface area contributed by atoms with Crippen molar-refractivity contribution in [3.8, 4) is 17.0 Å². The molecule has 0 spiro atoms. The number of hydrogen-bond acceptors (Lipinski definition) is 5. The number of halogens is 1. The molecule has 0 bridgehead atoms. The van der Waals surface area contributed by atoms with Gasteiger partial charge in [0.1, 0.15) is 5.75 Å². The number of ether oxygens (including phenoxy) is 1. The molecule has 0 saturated heterocycles. The number of carbonyl (C=O) groups is 2. The van der Waals surface area contributed by atoms with Gasteiger partial charge in [0.2, 0.25) is 11.8 Å². The number of hydrogen-bond donors (Lipinski definition) is 2. The first-order chi connectivity index (χ1) is 15.4. The van der Waals surface area contributed by atoms with Crippen molar-refractivity contribution >= 4 is 39.1 Å². The van der Waals surface area contributed by atoms with Crippen molar-refractivity contribution in [2.45, 2.75) is 26.3 Å². The maximum atomic E-state index is 12.4. The molecule has 9 heteroatoms. The number of aromatic nitrogens is 2. The van der Waals surface area contributed by atoms with Gasteiger partial charge in [-0.05, 0) is 42.8 Å². The molecule has 0 aliphatic carbocycles. The molecule has 0 atom stereocenters. The summed E-state index contributed by atoms with van der Waals surface area (Å²) in [6.45, 7) is 1.71. The summed E-state index contributed by atoms with van der Waals surface area (Å²) in [5.74, 6) is 0.0312. The third-order valence-corrected chi connectivity index (χ3v) is 5.10. The maximum absolute atomic E-state index is 12.4. The number of nitrogens with one attached hydrogen (secondary N) is 2. The molecule has 1 heterocycles. The summed E-state index contributed by atoms with van der Waals surface area (Å²) in [5.41, 5.74) is 2.35. The lowest BCUT2D eigenvalue weighted by atomic mass is 10.1. The molecular formula is C23H23BrN4O4. The molecule has 0 radical (unpaired) electrons. The van der Waals surface area contributed by atoms with Gasteiger partial charge in [-0.15, -0.1) is 0 Å². The second-order valence-electron chi connectivity index (χ2n) is 7.03. The summed E-state index contributed by atoms with van der Waals surface area (Å²) in [6, 6.07) is 15.8. The zero-order valence-corrected chi connectivity index (χ0v) is 19.3. The van der Waals surface area contributed by atoms with E-state index < -0.39 is 0 Å².